The van der Waals surface area contributed by atoms with Gasteiger partial charge in [0.25, 0.3) is 0 Å². The molecule has 1 saturated heterocycles. The van der Waals surface area contributed by atoms with Crippen LogP contribution in [-0.2, 0) is 6.54 Å². The van der Waals surface area contributed by atoms with Crippen LogP contribution in [0, 0.1) is 18.3 Å². The van der Waals surface area contributed by atoms with Gasteiger partial charge in [-0.2, -0.15) is 10.2 Å². The van der Waals surface area contributed by atoms with Gasteiger partial charge in [0.1, 0.15) is 11.9 Å². The molecular formula is C16H20N6O. The second kappa shape index (κ2) is 6.75. The van der Waals surface area contributed by atoms with Gasteiger partial charge in [0, 0.05) is 32.8 Å². The SMILES string of the molecule is Cc1nc(CN2CCC[C@@H](N(C)c3ccc(C#N)cn3)C2)no1. The van der Waals surface area contributed by atoms with Crippen LogP contribution in [0.15, 0.2) is 22.9 Å². The highest BCUT2D eigenvalue weighted by Gasteiger charge is 2.25. The van der Waals surface area contributed by atoms with Gasteiger partial charge >= 0.3 is 0 Å². The normalized spacial score (nSPS) is 18.6. The van der Waals surface area contributed by atoms with E-state index in [1.54, 1.807) is 13.1 Å². The third-order valence-electron chi connectivity index (χ3n) is 4.20. The van der Waals surface area contributed by atoms with Crippen molar-refractivity contribution in [2.75, 3.05) is 25.0 Å². The number of hydrogen-bond acceptors (Lipinski definition) is 7. The Labute approximate surface area is 135 Å². The molecule has 0 bridgehead atoms. The summed E-state index contributed by atoms with van der Waals surface area (Å²) >= 11 is 0. The molecule has 3 heterocycles. The number of nitriles is 1. The Balaban J connectivity index is 1.64. The van der Waals surface area contributed by atoms with E-state index in [9.17, 15) is 0 Å². The van der Waals surface area contributed by atoms with E-state index in [-0.39, 0.29) is 0 Å². The van der Waals surface area contributed by atoms with Crippen molar-refractivity contribution < 1.29 is 4.52 Å². The zero-order chi connectivity index (χ0) is 16.2. The summed E-state index contributed by atoms with van der Waals surface area (Å²) in [6.45, 7) is 4.49. The number of aryl methyl sites for hydroxylation is 1. The second-order valence-electron chi connectivity index (χ2n) is 5.89. The van der Waals surface area contributed by atoms with Gasteiger partial charge in [-0.15, -0.1) is 0 Å². The lowest BCUT2D eigenvalue weighted by molar-refractivity contribution is 0.192. The summed E-state index contributed by atoms with van der Waals surface area (Å²) < 4.78 is 5.04. The number of anilines is 1. The monoisotopic (exact) mass is 312 g/mol. The molecule has 0 saturated carbocycles. The molecule has 1 aliphatic rings. The maximum absolute atomic E-state index is 8.86. The number of rotatable bonds is 4. The Kier molecular flexibility index (Phi) is 4.53. The topological polar surface area (TPSA) is 82.1 Å². The summed E-state index contributed by atoms with van der Waals surface area (Å²) in [5.41, 5.74) is 0.583. The number of likely N-dealkylation sites (N-methyl/N-ethyl adjacent to an activating group) is 1. The Morgan fingerprint density at radius 3 is 3.00 bits per heavy atom. The maximum Gasteiger partial charge on any atom is 0.223 e. The van der Waals surface area contributed by atoms with Crippen LogP contribution in [0.4, 0.5) is 5.82 Å². The molecule has 0 aliphatic carbocycles. The third kappa shape index (κ3) is 3.66. The van der Waals surface area contributed by atoms with Crippen LogP contribution in [0.2, 0.25) is 0 Å². The largest absolute Gasteiger partial charge is 0.355 e. The summed E-state index contributed by atoms with van der Waals surface area (Å²) in [5.74, 6) is 2.24. The molecule has 0 N–H and O–H groups in total. The standard InChI is InChI=1S/C16H20N6O/c1-12-19-15(20-23-12)11-22-7-3-4-14(10-22)21(2)16-6-5-13(8-17)9-18-16/h5-6,9,14H,3-4,7,10-11H2,1-2H3/t14-/m1/s1. The van der Waals surface area contributed by atoms with Gasteiger partial charge in [0.2, 0.25) is 5.89 Å². The van der Waals surface area contributed by atoms with E-state index in [0.717, 1.165) is 37.6 Å². The molecule has 7 heteroatoms. The third-order valence-corrected chi connectivity index (χ3v) is 4.20. The maximum atomic E-state index is 8.86. The fourth-order valence-corrected chi connectivity index (χ4v) is 2.94. The average Bonchev–Trinajstić information content (AvgIpc) is 2.99. The second-order valence-corrected chi connectivity index (χ2v) is 5.89. The fourth-order valence-electron chi connectivity index (χ4n) is 2.94. The molecule has 2 aromatic heterocycles. The predicted molar refractivity (Wildman–Crippen MR) is 84.7 cm³/mol. The van der Waals surface area contributed by atoms with Gasteiger partial charge < -0.3 is 9.42 Å². The number of hydrogen-bond donors (Lipinski definition) is 0. The summed E-state index contributed by atoms with van der Waals surface area (Å²) in [6, 6.07) is 6.19. The van der Waals surface area contributed by atoms with Gasteiger partial charge in [0.15, 0.2) is 5.82 Å². The summed E-state index contributed by atoms with van der Waals surface area (Å²) in [6.07, 6.45) is 3.87. The molecule has 3 rings (SSSR count). The first kappa shape index (κ1) is 15.4. The lowest BCUT2D eigenvalue weighted by Crippen LogP contribution is -2.46. The highest BCUT2D eigenvalue weighted by molar-refractivity contribution is 5.42. The highest BCUT2D eigenvalue weighted by Crippen LogP contribution is 2.21. The van der Waals surface area contributed by atoms with Crippen LogP contribution >= 0.6 is 0 Å². The molecule has 23 heavy (non-hydrogen) atoms. The predicted octanol–water partition coefficient (Wildman–Crippen LogP) is 1.75. The van der Waals surface area contributed by atoms with E-state index < -0.39 is 0 Å². The molecular weight excluding hydrogens is 292 g/mol. The lowest BCUT2D eigenvalue weighted by Gasteiger charge is -2.37. The molecule has 7 nitrogen and oxygen atoms in total. The van der Waals surface area contributed by atoms with Gasteiger partial charge in [-0.1, -0.05) is 5.16 Å². The van der Waals surface area contributed by atoms with E-state index in [4.69, 9.17) is 9.78 Å². The van der Waals surface area contributed by atoms with E-state index in [1.165, 1.54) is 0 Å². The minimum atomic E-state index is 0.386. The number of aromatic nitrogens is 3. The van der Waals surface area contributed by atoms with Crippen LogP contribution in [0.1, 0.15) is 30.1 Å². The van der Waals surface area contributed by atoms with Crippen LogP contribution in [0.3, 0.4) is 0 Å². The number of nitrogens with zero attached hydrogens (tertiary/aromatic N) is 6. The highest BCUT2D eigenvalue weighted by atomic mass is 16.5. The summed E-state index contributed by atoms with van der Waals surface area (Å²) in [4.78, 5) is 13.2. The zero-order valence-corrected chi connectivity index (χ0v) is 13.4. The van der Waals surface area contributed by atoms with Crippen molar-refractivity contribution in [3.63, 3.8) is 0 Å². The summed E-state index contributed by atoms with van der Waals surface area (Å²) in [7, 11) is 2.06. The molecule has 0 aromatic carbocycles. The van der Waals surface area contributed by atoms with Crippen LogP contribution in [-0.4, -0.2) is 46.2 Å². The summed E-state index contributed by atoms with van der Waals surface area (Å²) in [5, 5.41) is 12.8. The van der Waals surface area contributed by atoms with Gasteiger partial charge in [-0.05, 0) is 31.5 Å². The average molecular weight is 312 g/mol. The molecule has 1 aliphatic heterocycles. The molecule has 2 aromatic rings. The van der Waals surface area contributed by atoms with Crippen molar-refractivity contribution in [1.29, 1.82) is 5.26 Å². The minimum Gasteiger partial charge on any atom is -0.355 e. The first-order chi connectivity index (χ1) is 11.2. The molecule has 1 fully saturated rings. The van der Waals surface area contributed by atoms with Gasteiger partial charge in [0.05, 0.1) is 12.1 Å². The van der Waals surface area contributed by atoms with Crippen molar-refractivity contribution in [3.05, 3.63) is 35.6 Å². The van der Waals surface area contributed by atoms with Crippen LogP contribution in [0.25, 0.3) is 0 Å². The van der Waals surface area contributed by atoms with Crippen molar-refractivity contribution in [1.82, 2.24) is 20.0 Å². The number of likely N-dealkylation sites (tertiary alicyclic amines) is 1. The molecule has 0 unspecified atom stereocenters. The first-order valence-electron chi connectivity index (χ1n) is 7.76. The Hall–Kier alpha value is -2.46. The van der Waals surface area contributed by atoms with Crippen LogP contribution < -0.4 is 4.90 Å². The fraction of sp³-hybridized carbons (Fsp3) is 0.500. The molecule has 0 radical (unpaired) electrons. The Morgan fingerprint density at radius 1 is 1.48 bits per heavy atom. The lowest BCUT2D eigenvalue weighted by atomic mass is 10.0. The zero-order valence-electron chi connectivity index (χ0n) is 13.4. The smallest absolute Gasteiger partial charge is 0.223 e. The van der Waals surface area contributed by atoms with Gasteiger partial charge in [-0.3, -0.25) is 4.90 Å². The van der Waals surface area contributed by atoms with E-state index in [0.29, 0.717) is 24.0 Å². The van der Waals surface area contributed by atoms with Crippen molar-refractivity contribution in [2.24, 2.45) is 0 Å². The minimum absolute atomic E-state index is 0.386. The van der Waals surface area contributed by atoms with Crippen LogP contribution in [0.5, 0.6) is 0 Å². The van der Waals surface area contributed by atoms with Gasteiger partial charge in [-0.25, -0.2) is 4.98 Å². The molecule has 0 amide bonds. The molecule has 120 valence electrons. The van der Waals surface area contributed by atoms with E-state index in [1.807, 2.05) is 12.1 Å². The van der Waals surface area contributed by atoms with E-state index >= 15 is 0 Å². The van der Waals surface area contributed by atoms with Crippen molar-refractivity contribution in [2.45, 2.75) is 32.4 Å². The Morgan fingerprint density at radius 2 is 2.35 bits per heavy atom. The van der Waals surface area contributed by atoms with Crippen molar-refractivity contribution >= 4 is 5.82 Å². The molecule has 1 atom stereocenters. The quantitative estimate of drug-likeness (QED) is 0.850. The Bertz CT molecular complexity index is 689. The first-order valence-corrected chi connectivity index (χ1v) is 7.76. The van der Waals surface area contributed by atoms with Crippen molar-refractivity contribution in [3.8, 4) is 6.07 Å². The number of piperidine rings is 1. The van der Waals surface area contributed by atoms with E-state index in [2.05, 4.69) is 38.0 Å². The molecule has 0 spiro atoms. The number of pyridine rings is 1.